The Morgan fingerprint density at radius 2 is 2.10 bits per heavy atom. The lowest BCUT2D eigenvalue weighted by atomic mass is 10.1. The molecule has 2 saturated heterocycles. The van der Waals surface area contributed by atoms with Crippen LogP contribution in [0.25, 0.3) is 0 Å². The maximum atomic E-state index is 14.9. The van der Waals surface area contributed by atoms with Gasteiger partial charge >= 0.3 is 25.4 Å². The summed E-state index contributed by atoms with van der Waals surface area (Å²) in [7, 11) is -4.37. The highest BCUT2D eigenvalue weighted by atomic mass is 31.2. The summed E-state index contributed by atoms with van der Waals surface area (Å²) >= 11 is 0. The van der Waals surface area contributed by atoms with Crippen LogP contribution in [0, 0.1) is 5.92 Å². The summed E-state index contributed by atoms with van der Waals surface area (Å²) in [4.78, 5) is 36.7. The number of carbonyl (C=O) groups excluding carboxylic acids is 1. The van der Waals surface area contributed by atoms with Crippen LogP contribution in [0.5, 0.6) is 0 Å². The molecule has 2 aliphatic heterocycles. The van der Waals surface area contributed by atoms with Crippen molar-refractivity contribution in [3.05, 3.63) is 33.1 Å². The Morgan fingerprint density at radius 3 is 2.74 bits per heavy atom. The Kier molecular flexibility index (Phi) is 6.82. The number of halogens is 2. The van der Waals surface area contributed by atoms with E-state index in [4.69, 9.17) is 23.0 Å². The number of aromatic nitrogens is 2. The van der Waals surface area contributed by atoms with Gasteiger partial charge in [0, 0.05) is 12.3 Å². The van der Waals surface area contributed by atoms with Crippen LogP contribution < -0.4 is 11.2 Å². The molecule has 11 nitrogen and oxygen atoms in total. The van der Waals surface area contributed by atoms with Crippen molar-refractivity contribution in [1.82, 2.24) is 9.55 Å². The highest BCUT2D eigenvalue weighted by Crippen LogP contribution is 2.59. The van der Waals surface area contributed by atoms with Gasteiger partial charge in [-0.15, -0.1) is 0 Å². The molecule has 0 amide bonds. The fraction of sp³-hybridized carbons (Fsp3) is 0.706. The molecule has 0 spiro atoms. The smallest absolute Gasteiger partial charge is 0.463 e. The van der Waals surface area contributed by atoms with E-state index in [1.807, 2.05) is 4.98 Å². The maximum absolute atomic E-state index is 14.9. The summed E-state index contributed by atoms with van der Waals surface area (Å²) in [5, 5.41) is 0. The number of rotatable bonds is 7. The standard InChI is InChI=1S/C17H23F2N2O9P/c1-9(2)28-14(23)10(3)5-7-26-31(25)27-8-11-13(30-31)17(18,19)15(29-11)21-6-4-12(22)20-16(21)24/h4,6,9-11,13,15H,5,7-8H2,1-3H3,(H,20,22,24)/t10-,11-,13-,15-,31?/m1/s1. The zero-order valence-corrected chi connectivity index (χ0v) is 17.9. The number of aromatic amines is 1. The Morgan fingerprint density at radius 1 is 1.39 bits per heavy atom. The molecule has 0 aliphatic carbocycles. The number of carbonyl (C=O) groups is 1. The first kappa shape index (κ1) is 23.7. The molecule has 2 fully saturated rings. The number of hydrogen-bond donors (Lipinski definition) is 1. The molecule has 0 saturated carbocycles. The minimum atomic E-state index is -4.37. The third-order valence-electron chi connectivity index (χ3n) is 4.65. The number of fused-ring (bicyclic) bond motifs is 1. The van der Waals surface area contributed by atoms with E-state index < -0.39 is 61.9 Å². The summed E-state index contributed by atoms with van der Waals surface area (Å²) in [5.41, 5.74) is -1.86. The lowest BCUT2D eigenvalue weighted by Gasteiger charge is -2.31. The monoisotopic (exact) mass is 468 g/mol. The van der Waals surface area contributed by atoms with Crippen LogP contribution >= 0.6 is 7.82 Å². The molecule has 0 bridgehead atoms. The second kappa shape index (κ2) is 8.91. The zero-order chi connectivity index (χ0) is 23.0. The van der Waals surface area contributed by atoms with E-state index in [1.165, 1.54) is 0 Å². The highest BCUT2D eigenvalue weighted by molar-refractivity contribution is 7.48. The van der Waals surface area contributed by atoms with Crippen LogP contribution in [0.4, 0.5) is 8.78 Å². The Labute approximate surface area is 175 Å². The van der Waals surface area contributed by atoms with Crippen LogP contribution in [-0.4, -0.2) is 53.0 Å². The number of nitrogens with zero attached hydrogens (tertiary/aromatic N) is 1. The largest absolute Gasteiger partial charge is 0.475 e. The van der Waals surface area contributed by atoms with Gasteiger partial charge in [-0.2, -0.15) is 8.78 Å². The predicted octanol–water partition coefficient (Wildman–Crippen LogP) is 1.59. The van der Waals surface area contributed by atoms with Gasteiger partial charge in [-0.1, -0.05) is 6.92 Å². The molecule has 1 N–H and O–H groups in total. The van der Waals surface area contributed by atoms with Crippen molar-refractivity contribution in [2.75, 3.05) is 13.2 Å². The van der Waals surface area contributed by atoms with Crippen molar-refractivity contribution in [2.24, 2.45) is 5.92 Å². The lowest BCUT2D eigenvalue weighted by molar-refractivity contribution is -0.152. The van der Waals surface area contributed by atoms with Gasteiger partial charge in [-0.25, -0.2) is 9.36 Å². The molecule has 0 radical (unpaired) electrons. The molecule has 3 heterocycles. The van der Waals surface area contributed by atoms with Gasteiger partial charge < -0.3 is 9.47 Å². The third kappa shape index (κ3) is 5.12. The SMILES string of the molecule is CC(C)OC(=O)[C@H](C)CCOP1(=O)OC[C@H]2O[C@@H](n3ccc(=O)[nH]c3=O)C(F)(F)[C@@H]2O1. The summed E-state index contributed by atoms with van der Waals surface area (Å²) in [6.07, 6.45) is -4.79. The van der Waals surface area contributed by atoms with Gasteiger partial charge in [0.05, 0.1) is 25.2 Å². The average molecular weight is 468 g/mol. The molecule has 2 aliphatic rings. The van der Waals surface area contributed by atoms with E-state index in [0.29, 0.717) is 4.57 Å². The first-order valence-electron chi connectivity index (χ1n) is 9.55. The third-order valence-corrected chi connectivity index (χ3v) is 6.10. The molecule has 5 atom stereocenters. The van der Waals surface area contributed by atoms with E-state index in [-0.39, 0.29) is 19.1 Å². The van der Waals surface area contributed by atoms with Crippen molar-refractivity contribution in [3.8, 4) is 0 Å². The van der Waals surface area contributed by atoms with Gasteiger partial charge in [0.2, 0.25) is 6.23 Å². The molecular formula is C17H23F2N2O9P. The number of phosphoric acid groups is 1. The number of esters is 1. The van der Waals surface area contributed by atoms with Crippen molar-refractivity contribution in [2.45, 2.75) is 57.7 Å². The van der Waals surface area contributed by atoms with Gasteiger partial charge in [-0.3, -0.25) is 32.7 Å². The Hall–Kier alpha value is -1.92. The van der Waals surface area contributed by atoms with Crippen LogP contribution in [0.1, 0.15) is 33.4 Å². The normalized spacial score (nSPS) is 30.7. The molecule has 1 aromatic heterocycles. The fourth-order valence-corrected chi connectivity index (χ4v) is 4.46. The van der Waals surface area contributed by atoms with Crippen LogP contribution in [0.15, 0.2) is 21.9 Å². The summed E-state index contributed by atoms with van der Waals surface area (Å²) in [6, 6.07) is 0.889. The number of alkyl halides is 2. The van der Waals surface area contributed by atoms with Gasteiger partial charge in [0.15, 0.2) is 6.10 Å². The van der Waals surface area contributed by atoms with E-state index in [0.717, 1.165) is 12.3 Å². The number of nitrogens with one attached hydrogen (secondary N) is 1. The average Bonchev–Trinajstić information content (AvgIpc) is 2.91. The molecule has 174 valence electrons. The number of phosphoric ester groups is 1. The summed E-state index contributed by atoms with van der Waals surface area (Å²) in [5.74, 6) is -4.85. The number of ether oxygens (including phenoxy) is 2. The van der Waals surface area contributed by atoms with E-state index in [9.17, 15) is 27.7 Å². The van der Waals surface area contributed by atoms with Crippen LogP contribution in [0.3, 0.4) is 0 Å². The zero-order valence-electron chi connectivity index (χ0n) is 17.0. The Bertz CT molecular complexity index is 979. The topological polar surface area (TPSA) is 135 Å². The van der Waals surface area contributed by atoms with Crippen LogP contribution in [-0.2, 0) is 32.4 Å². The van der Waals surface area contributed by atoms with Crippen molar-refractivity contribution < 1.29 is 41.2 Å². The first-order valence-corrected chi connectivity index (χ1v) is 11.0. The molecule has 0 aromatic carbocycles. The van der Waals surface area contributed by atoms with Crippen molar-refractivity contribution >= 4 is 13.8 Å². The fourth-order valence-electron chi connectivity index (χ4n) is 3.05. The summed E-state index contributed by atoms with van der Waals surface area (Å²) < 4.78 is 68.3. The molecule has 31 heavy (non-hydrogen) atoms. The van der Waals surface area contributed by atoms with Crippen molar-refractivity contribution in [1.29, 1.82) is 0 Å². The molecule has 1 unspecified atom stereocenters. The van der Waals surface area contributed by atoms with Crippen molar-refractivity contribution in [3.63, 3.8) is 0 Å². The molecular weight excluding hydrogens is 445 g/mol. The quantitative estimate of drug-likeness (QED) is 0.467. The van der Waals surface area contributed by atoms with E-state index in [1.54, 1.807) is 20.8 Å². The highest BCUT2D eigenvalue weighted by Gasteiger charge is 2.65. The van der Waals surface area contributed by atoms with E-state index in [2.05, 4.69) is 0 Å². The predicted molar refractivity (Wildman–Crippen MR) is 99.6 cm³/mol. The molecule has 14 heteroatoms. The molecule has 3 rings (SSSR count). The minimum absolute atomic E-state index is 0.0959. The summed E-state index contributed by atoms with van der Waals surface area (Å²) in [6.45, 7) is 4.17. The van der Waals surface area contributed by atoms with Gasteiger partial charge in [-0.05, 0) is 20.3 Å². The van der Waals surface area contributed by atoms with E-state index >= 15 is 0 Å². The molecule has 1 aromatic rings. The Balaban J connectivity index is 1.65. The van der Waals surface area contributed by atoms with Gasteiger partial charge in [0.1, 0.15) is 6.10 Å². The maximum Gasteiger partial charge on any atom is 0.475 e. The first-order chi connectivity index (χ1) is 14.4. The lowest BCUT2D eigenvalue weighted by Crippen LogP contribution is -2.45. The number of H-pyrrole nitrogens is 1. The number of hydrogen-bond acceptors (Lipinski definition) is 9. The minimum Gasteiger partial charge on any atom is -0.463 e. The van der Waals surface area contributed by atoms with Gasteiger partial charge in [0.25, 0.3) is 5.56 Å². The second-order valence-electron chi connectivity index (χ2n) is 7.50. The second-order valence-corrected chi connectivity index (χ2v) is 9.12. The van der Waals surface area contributed by atoms with Crippen LogP contribution in [0.2, 0.25) is 0 Å².